The Kier molecular flexibility index (Phi) is 10.8. The zero-order chi connectivity index (χ0) is 12.2. The molecule has 0 saturated heterocycles. The summed E-state index contributed by atoms with van der Waals surface area (Å²) < 4.78 is 9.90. The van der Waals surface area contributed by atoms with Crippen LogP contribution in [0, 0.1) is 0 Å². The molecule has 0 unspecified atom stereocenters. The lowest BCUT2D eigenvalue weighted by molar-refractivity contribution is 0.162. The van der Waals surface area contributed by atoms with E-state index in [2.05, 4.69) is 22.6 Å². The summed E-state index contributed by atoms with van der Waals surface area (Å²) in [5, 5.41) is 6.86. The lowest BCUT2D eigenvalue weighted by atomic mass is 10.5. The van der Waals surface area contributed by atoms with E-state index in [9.17, 15) is 0 Å². The smallest absolute Gasteiger partial charge is 0.166 e. The summed E-state index contributed by atoms with van der Waals surface area (Å²) in [5.74, 6) is 0. The average Bonchev–Trinajstić information content (AvgIpc) is 2.26. The summed E-state index contributed by atoms with van der Waals surface area (Å²) in [6.45, 7) is 4.86. The van der Waals surface area contributed by atoms with Crippen molar-refractivity contribution < 1.29 is 9.47 Å². The van der Waals surface area contributed by atoms with Crippen molar-refractivity contribution in [3.05, 3.63) is 0 Å². The van der Waals surface area contributed by atoms with Crippen LogP contribution < -0.4 is 10.6 Å². The van der Waals surface area contributed by atoms with Crippen molar-refractivity contribution >= 4 is 17.3 Å². The van der Waals surface area contributed by atoms with Gasteiger partial charge in [-0.05, 0) is 19.3 Å². The van der Waals surface area contributed by atoms with Gasteiger partial charge >= 0.3 is 0 Å². The third-order valence-electron chi connectivity index (χ3n) is 2.05. The molecule has 0 rings (SSSR count). The second-order valence-electron chi connectivity index (χ2n) is 3.47. The number of ether oxygens (including phenoxy) is 2. The van der Waals surface area contributed by atoms with Crippen LogP contribution >= 0.6 is 12.2 Å². The van der Waals surface area contributed by atoms with Gasteiger partial charge in [-0.15, -0.1) is 0 Å². The van der Waals surface area contributed by atoms with E-state index in [1.54, 1.807) is 14.2 Å². The number of likely N-dealkylation sites (N-methyl/N-ethyl adjacent to an activating group) is 1. The fraction of sp³-hybridized carbons (Fsp3) is 0.900. The molecule has 0 amide bonds. The SMILES string of the molecule is COCCNC(=S)NCCN(C)CCOC. The number of nitrogens with zero attached hydrogens (tertiary/aromatic N) is 1. The van der Waals surface area contributed by atoms with Crippen molar-refractivity contribution in [1.82, 2.24) is 15.5 Å². The number of hydrogen-bond acceptors (Lipinski definition) is 4. The normalized spacial score (nSPS) is 10.5. The first-order valence-electron chi connectivity index (χ1n) is 5.38. The molecule has 0 aromatic rings. The van der Waals surface area contributed by atoms with Gasteiger partial charge in [0.25, 0.3) is 0 Å². The number of thiocarbonyl (C=S) groups is 1. The van der Waals surface area contributed by atoms with Crippen LogP contribution in [0.3, 0.4) is 0 Å². The fourth-order valence-electron chi connectivity index (χ4n) is 1.05. The van der Waals surface area contributed by atoms with Crippen molar-refractivity contribution in [3.8, 4) is 0 Å². The van der Waals surface area contributed by atoms with E-state index < -0.39 is 0 Å². The highest BCUT2D eigenvalue weighted by Gasteiger charge is 1.98. The largest absolute Gasteiger partial charge is 0.383 e. The first-order valence-corrected chi connectivity index (χ1v) is 5.79. The van der Waals surface area contributed by atoms with Crippen LogP contribution in [0.4, 0.5) is 0 Å². The first-order chi connectivity index (χ1) is 7.70. The fourth-order valence-corrected chi connectivity index (χ4v) is 1.25. The Morgan fingerprint density at radius 2 is 1.69 bits per heavy atom. The molecule has 0 aliphatic heterocycles. The molecule has 0 saturated carbocycles. The Balaban J connectivity index is 3.32. The quantitative estimate of drug-likeness (QED) is 0.431. The summed E-state index contributed by atoms with van der Waals surface area (Å²) in [7, 11) is 5.44. The molecule has 0 atom stereocenters. The van der Waals surface area contributed by atoms with Gasteiger partial charge in [-0.2, -0.15) is 0 Å². The third-order valence-corrected chi connectivity index (χ3v) is 2.34. The van der Waals surface area contributed by atoms with Gasteiger partial charge in [0.2, 0.25) is 0 Å². The van der Waals surface area contributed by atoms with E-state index in [1.807, 2.05) is 0 Å². The maximum absolute atomic E-state index is 5.09. The second-order valence-corrected chi connectivity index (χ2v) is 3.88. The minimum Gasteiger partial charge on any atom is -0.383 e. The number of hydrogen-bond donors (Lipinski definition) is 2. The first kappa shape index (κ1) is 15.6. The van der Waals surface area contributed by atoms with Gasteiger partial charge < -0.3 is 25.0 Å². The van der Waals surface area contributed by atoms with E-state index in [1.165, 1.54) is 0 Å². The Hall–Kier alpha value is -0.430. The van der Waals surface area contributed by atoms with E-state index in [-0.39, 0.29) is 0 Å². The van der Waals surface area contributed by atoms with Crippen molar-refractivity contribution in [2.75, 3.05) is 60.7 Å². The van der Waals surface area contributed by atoms with Crippen LogP contribution in [0.25, 0.3) is 0 Å². The molecule has 5 nitrogen and oxygen atoms in total. The molecule has 96 valence electrons. The summed E-state index contributed by atoms with van der Waals surface area (Å²) in [6, 6.07) is 0. The van der Waals surface area contributed by atoms with Gasteiger partial charge in [0, 0.05) is 40.4 Å². The Labute approximate surface area is 103 Å². The Morgan fingerprint density at radius 3 is 2.31 bits per heavy atom. The molecule has 0 aromatic carbocycles. The van der Waals surface area contributed by atoms with Gasteiger partial charge in [-0.25, -0.2) is 0 Å². The van der Waals surface area contributed by atoms with Crippen molar-refractivity contribution in [3.63, 3.8) is 0 Å². The molecule has 6 heteroatoms. The molecule has 0 bridgehead atoms. The minimum absolute atomic E-state index is 0.662. The summed E-state index contributed by atoms with van der Waals surface area (Å²) in [5.41, 5.74) is 0. The van der Waals surface area contributed by atoms with Crippen LogP contribution in [-0.2, 0) is 9.47 Å². The second kappa shape index (κ2) is 11.1. The summed E-state index contributed by atoms with van der Waals surface area (Å²) in [6.07, 6.45) is 0. The monoisotopic (exact) mass is 249 g/mol. The summed E-state index contributed by atoms with van der Waals surface area (Å²) >= 11 is 5.09. The molecule has 2 N–H and O–H groups in total. The maximum atomic E-state index is 5.09. The molecule has 16 heavy (non-hydrogen) atoms. The molecular weight excluding hydrogens is 226 g/mol. The lowest BCUT2D eigenvalue weighted by Gasteiger charge is -2.17. The lowest BCUT2D eigenvalue weighted by Crippen LogP contribution is -2.40. The molecule has 0 fully saturated rings. The van der Waals surface area contributed by atoms with E-state index in [0.717, 1.165) is 32.8 Å². The molecule has 0 radical (unpaired) electrons. The van der Waals surface area contributed by atoms with Crippen LogP contribution in [0.1, 0.15) is 0 Å². The molecule has 0 aliphatic carbocycles. The topological polar surface area (TPSA) is 45.8 Å². The average molecular weight is 249 g/mol. The number of methoxy groups -OCH3 is 2. The van der Waals surface area contributed by atoms with Crippen molar-refractivity contribution in [2.45, 2.75) is 0 Å². The van der Waals surface area contributed by atoms with E-state index in [4.69, 9.17) is 21.7 Å². The van der Waals surface area contributed by atoms with Crippen molar-refractivity contribution in [2.24, 2.45) is 0 Å². The number of nitrogens with one attached hydrogen (secondary N) is 2. The van der Waals surface area contributed by atoms with E-state index >= 15 is 0 Å². The Bertz CT molecular complexity index is 181. The van der Waals surface area contributed by atoms with Gasteiger partial charge in [0.05, 0.1) is 13.2 Å². The Morgan fingerprint density at radius 1 is 1.06 bits per heavy atom. The van der Waals surface area contributed by atoms with Crippen LogP contribution in [0.5, 0.6) is 0 Å². The predicted octanol–water partition coefficient (Wildman–Crippen LogP) is -0.325. The molecule has 0 aromatic heterocycles. The van der Waals surface area contributed by atoms with Gasteiger partial charge in [0.1, 0.15) is 0 Å². The van der Waals surface area contributed by atoms with Crippen LogP contribution in [-0.4, -0.2) is 70.7 Å². The molecule has 0 aliphatic rings. The summed E-state index contributed by atoms with van der Waals surface area (Å²) in [4.78, 5) is 2.19. The van der Waals surface area contributed by atoms with Gasteiger partial charge in [-0.3, -0.25) is 0 Å². The zero-order valence-corrected chi connectivity index (χ0v) is 11.2. The molecular formula is C10H23N3O2S. The predicted molar refractivity (Wildman–Crippen MR) is 69.9 cm³/mol. The van der Waals surface area contributed by atoms with Gasteiger partial charge in [-0.1, -0.05) is 0 Å². The highest BCUT2D eigenvalue weighted by molar-refractivity contribution is 7.80. The molecule has 0 heterocycles. The van der Waals surface area contributed by atoms with Crippen LogP contribution in [0.2, 0.25) is 0 Å². The van der Waals surface area contributed by atoms with Gasteiger partial charge in [0.15, 0.2) is 5.11 Å². The standard InChI is InChI=1S/C10H23N3O2S/c1-13(7-9-15-3)6-4-11-10(16)12-5-8-14-2/h4-9H2,1-3H3,(H2,11,12,16). The minimum atomic E-state index is 0.662. The number of rotatable bonds is 9. The highest BCUT2D eigenvalue weighted by atomic mass is 32.1. The molecule has 0 spiro atoms. The zero-order valence-electron chi connectivity index (χ0n) is 10.4. The van der Waals surface area contributed by atoms with Crippen molar-refractivity contribution in [1.29, 1.82) is 0 Å². The van der Waals surface area contributed by atoms with Crippen LogP contribution in [0.15, 0.2) is 0 Å². The third kappa shape index (κ3) is 10.1. The maximum Gasteiger partial charge on any atom is 0.166 e. The van der Waals surface area contributed by atoms with E-state index in [0.29, 0.717) is 11.7 Å². The highest BCUT2D eigenvalue weighted by Crippen LogP contribution is 1.81.